The van der Waals surface area contributed by atoms with E-state index >= 15 is 0 Å². The number of halogens is 2. The van der Waals surface area contributed by atoms with E-state index in [9.17, 15) is 10.2 Å². The Morgan fingerprint density at radius 1 is 1.45 bits per heavy atom. The summed E-state index contributed by atoms with van der Waals surface area (Å²) in [6.45, 7) is 2.07. The van der Waals surface area contributed by atoms with E-state index in [0.717, 1.165) is 12.8 Å². The van der Waals surface area contributed by atoms with Crippen molar-refractivity contribution in [3.05, 3.63) is 12.2 Å². The minimum absolute atomic E-state index is 0.0347. The van der Waals surface area contributed by atoms with Crippen LogP contribution in [0, 0.1) is 12.3 Å². The highest BCUT2D eigenvalue weighted by Crippen LogP contribution is 2.30. The number of aliphatic hydroxyl groups excluding tert-OH is 2. The van der Waals surface area contributed by atoms with Crippen LogP contribution in [0.25, 0.3) is 0 Å². The van der Waals surface area contributed by atoms with Crippen LogP contribution in [0.1, 0.15) is 32.6 Å². The Bertz CT molecular complexity index is 354. The highest BCUT2D eigenvalue weighted by atomic mass is 79.9. The monoisotopic (exact) mass is 408 g/mol. The van der Waals surface area contributed by atoms with Gasteiger partial charge < -0.3 is 14.9 Å². The second-order valence-electron chi connectivity index (χ2n) is 5.02. The third kappa shape index (κ3) is 5.50. The van der Waals surface area contributed by atoms with Crippen LogP contribution in [-0.4, -0.2) is 44.3 Å². The lowest BCUT2D eigenvalue weighted by Gasteiger charge is -2.22. The van der Waals surface area contributed by atoms with E-state index in [4.69, 9.17) is 11.2 Å². The van der Waals surface area contributed by atoms with Gasteiger partial charge in [0.25, 0.3) is 0 Å². The Hall–Kier alpha value is 0.140. The third-order valence-corrected chi connectivity index (χ3v) is 5.23. The summed E-state index contributed by atoms with van der Waals surface area (Å²) in [6.07, 6.45) is 10.4. The lowest BCUT2D eigenvalue weighted by Crippen LogP contribution is -2.31. The van der Waals surface area contributed by atoms with Crippen molar-refractivity contribution in [1.82, 2.24) is 0 Å². The average molecular weight is 410 g/mol. The van der Waals surface area contributed by atoms with Crippen LogP contribution in [-0.2, 0) is 4.74 Å². The number of rotatable bonds is 7. The Labute approximate surface area is 138 Å². The maximum Gasteiger partial charge on any atom is 0.101 e. The molecular weight excluding hydrogens is 388 g/mol. The lowest BCUT2D eigenvalue weighted by molar-refractivity contribution is -0.0164. The van der Waals surface area contributed by atoms with E-state index in [1.165, 1.54) is 0 Å². The predicted molar refractivity (Wildman–Crippen MR) is 88.2 cm³/mol. The van der Waals surface area contributed by atoms with Gasteiger partial charge in [-0.25, -0.2) is 0 Å². The number of terminal acetylenes is 1. The largest absolute Gasteiger partial charge is 0.392 e. The minimum Gasteiger partial charge on any atom is -0.392 e. The first-order valence-corrected chi connectivity index (χ1v) is 8.73. The molecule has 5 heteroatoms. The van der Waals surface area contributed by atoms with E-state index in [2.05, 4.69) is 50.8 Å². The summed E-state index contributed by atoms with van der Waals surface area (Å²) < 4.78 is 5.73. The number of hydrogen-bond donors (Lipinski definition) is 2. The van der Waals surface area contributed by atoms with Crippen molar-refractivity contribution in [3.63, 3.8) is 0 Å². The Morgan fingerprint density at radius 2 is 2.15 bits per heavy atom. The van der Waals surface area contributed by atoms with E-state index in [-0.39, 0.29) is 21.9 Å². The van der Waals surface area contributed by atoms with Crippen molar-refractivity contribution >= 4 is 31.9 Å². The number of ether oxygens (including phenoxy) is 1. The maximum absolute atomic E-state index is 10.2. The molecule has 1 heterocycles. The fourth-order valence-electron chi connectivity index (χ4n) is 2.20. The standard InChI is InChI=1S/C15H22Br2O3/c1-3-5-6-7-11(17)12(18)8-15-13(19)9-14(20-15)10(16)4-2/h2,5-6,10-15,18-19H,3,7-9H2,1H3/b6-5+/t10-,11+,12+,13-,14-,15-/m1/s1. The van der Waals surface area contributed by atoms with Crippen molar-refractivity contribution in [2.45, 2.75) is 66.7 Å². The molecule has 6 atom stereocenters. The van der Waals surface area contributed by atoms with Crippen molar-refractivity contribution in [2.75, 3.05) is 0 Å². The second-order valence-corrected chi connectivity index (χ2v) is 7.18. The van der Waals surface area contributed by atoms with Crippen molar-refractivity contribution < 1.29 is 14.9 Å². The predicted octanol–water partition coefficient (Wildman–Crippen LogP) is 2.77. The summed E-state index contributed by atoms with van der Waals surface area (Å²) in [6, 6.07) is 0. The number of hydrogen-bond acceptors (Lipinski definition) is 3. The van der Waals surface area contributed by atoms with Gasteiger partial charge in [-0.05, 0) is 12.8 Å². The molecule has 3 nitrogen and oxygen atoms in total. The molecule has 1 saturated heterocycles. The van der Waals surface area contributed by atoms with Crippen molar-refractivity contribution in [2.24, 2.45) is 0 Å². The first kappa shape index (κ1) is 18.2. The summed E-state index contributed by atoms with van der Waals surface area (Å²) in [4.78, 5) is -0.237. The van der Waals surface area contributed by atoms with Crippen LogP contribution in [0.5, 0.6) is 0 Å². The molecule has 0 aromatic heterocycles. The van der Waals surface area contributed by atoms with Crippen molar-refractivity contribution in [1.29, 1.82) is 0 Å². The molecule has 1 aliphatic heterocycles. The van der Waals surface area contributed by atoms with Gasteiger partial charge in [-0.1, -0.05) is 56.9 Å². The lowest BCUT2D eigenvalue weighted by atomic mass is 10.0. The highest BCUT2D eigenvalue weighted by molar-refractivity contribution is 9.09. The molecule has 1 rings (SSSR count). The van der Waals surface area contributed by atoms with Crippen LogP contribution in [0.3, 0.4) is 0 Å². The molecule has 0 saturated carbocycles. The number of aliphatic hydroxyl groups is 2. The van der Waals surface area contributed by atoms with Gasteiger partial charge in [0.15, 0.2) is 0 Å². The van der Waals surface area contributed by atoms with Gasteiger partial charge in [-0.2, -0.15) is 0 Å². The van der Waals surface area contributed by atoms with Gasteiger partial charge in [-0.3, -0.25) is 0 Å². The van der Waals surface area contributed by atoms with Crippen LogP contribution < -0.4 is 0 Å². The maximum atomic E-state index is 10.2. The summed E-state index contributed by atoms with van der Waals surface area (Å²) in [5.74, 6) is 2.56. The highest BCUT2D eigenvalue weighted by Gasteiger charge is 2.38. The zero-order chi connectivity index (χ0) is 15.1. The summed E-state index contributed by atoms with van der Waals surface area (Å²) >= 11 is 6.82. The molecule has 0 amide bonds. The Balaban J connectivity index is 2.44. The molecule has 0 unspecified atom stereocenters. The molecule has 0 bridgehead atoms. The minimum atomic E-state index is -0.575. The van der Waals surface area contributed by atoms with Crippen LogP contribution in [0.15, 0.2) is 12.2 Å². The molecule has 2 N–H and O–H groups in total. The molecule has 0 spiro atoms. The molecule has 20 heavy (non-hydrogen) atoms. The first-order chi connectivity index (χ1) is 9.49. The van der Waals surface area contributed by atoms with Gasteiger partial charge in [0.05, 0.1) is 24.4 Å². The van der Waals surface area contributed by atoms with Crippen LogP contribution >= 0.6 is 31.9 Å². The van der Waals surface area contributed by atoms with Gasteiger partial charge >= 0.3 is 0 Å². The van der Waals surface area contributed by atoms with E-state index in [0.29, 0.717) is 12.8 Å². The summed E-state index contributed by atoms with van der Waals surface area (Å²) in [5.41, 5.74) is 0. The number of alkyl halides is 2. The molecule has 0 radical (unpaired) electrons. The van der Waals surface area contributed by atoms with Crippen LogP contribution in [0.4, 0.5) is 0 Å². The fourth-order valence-corrected chi connectivity index (χ4v) is 2.98. The molecule has 1 aliphatic rings. The zero-order valence-corrected chi connectivity index (χ0v) is 14.8. The average Bonchev–Trinajstić information content (AvgIpc) is 2.79. The summed E-state index contributed by atoms with van der Waals surface area (Å²) in [7, 11) is 0. The fraction of sp³-hybridized carbons (Fsp3) is 0.733. The topological polar surface area (TPSA) is 49.7 Å². The normalized spacial score (nSPS) is 31.1. The molecule has 1 fully saturated rings. The third-order valence-electron chi connectivity index (χ3n) is 3.39. The zero-order valence-electron chi connectivity index (χ0n) is 11.6. The quantitative estimate of drug-likeness (QED) is 0.386. The van der Waals surface area contributed by atoms with E-state index < -0.39 is 12.2 Å². The second kappa shape index (κ2) is 9.22. The molecule has 114 valence electrons. The molecule has 0 aliphatic carbocycles. The Kier molecular flexibility index (Phi) is 8.38. The molecule has 0 aromatic rings. The first-order valence-electron chi connectivity index (χ1n) is 6.90. The van der Waals surface area contributed by atoms with E-state index in [1.807, 2.05) is 6.08 Å². The summed E-state index contributed by atoms with van der Waals surface area (Å²) in [5, 5.41) is 20.1. The van der Waals surface area contributed by atoms with Gasteiger partial charge in [0.2, 0.25) is 0 Å². The van der Waals surface area contributed by atoms with Gasteiger partial charge in [-0.15, -0.1) is 6.42 Å². The van der Waals surface area contributed by atoms with Crippen molar-refractivity contribution in [3.8, 4) is 12.3 Å². The van der Waals surface area contributed by atoms with Gasteiger partial charge in [0, 0.05) is 17.7 Å². The van der Waals surface area contributed by atoms with Gasteiger partial charge in [0.1, 0.15) is 4.83 Å². The smallest absolute Gasteiger partial charge is 0.101 e. The molecular formula is C15H22Br2O3. The molecule has 0 aromatic carbocycles. The van der Waals surface area contributed by atoms with Crippen LogP contribution in [0.2, 0.25) is 0 Å². The number of allylic oxidation sites excluding steroid dienone is 2. The SMILES string of the molecule is C#C[C@@H](Br)[C@H]1C[C@@H](O)[C@@H](C[C@H](O)[C@@H](Br)C/C=C/CC)O1. The Morgan fingerprint density at radius 3 is 2.75 bits per heavy atom. The van der Waals surface area contributed by atoms with E-state index in [1.54, 1.807) is 0 Å².